The second-order valence-corrected chi connectivity index (χ2v) is 8.51. The summed E-state index contributed by atoms with van der Waals surface area (Å²) in [5.74, 6) is -1.25. The lowest BCUT2D eigenvalue weighted by Gasteiger charge is -2.25. The third kappa shape index (κ3) is 5.98. The molecule has 0 bridgehead atoms. The van der Waals surface area contributed by atoms with E-state index in [0.29, 0.717) is 12.2 Å². The molecule has 0 spiro atoms. The smallest absolute Gasteiger partial charge is 0.313 e. The summed E-state index contributed by atoms with van der Waals surface area (Å²) in [6.45, 7) is 2.60. The number of nitrogens with one attached hydrogen (secondary N) is 3. The SMILES string of the molecule is CN(C)c1ccc(NC(=O)C(=O)NC[C@@H](c2ccc(N(C)C)cc2)[NH+]2CCCC2)cc1. The fourth-order valence-electron chi connectivity index (χ4n) is 3.99. The summed E-state index contributed by atoms with van der Waals surface area (Å²) in [4.78, 5) is 30.3. The van der Waals surface area contributed by atoms with Crippen LogP contribution in [-0.2, 0) is 9.59 Å². The van der Waals surface area contributed by atoms with Gasteiger partial charge in [0.05, 0.1) is 19.6 Å². The number of rotatable bonds is 7. The zero-order valence-electron chi connectivity index (χ0n) is 18.9. The summed E-state index contributed by atoms with van der Waals surface area (Å²) in [7, 11) is 7.94. The van der Waals surface area contributed by atoms with E-state index in [1.165, 1.54) is 23.3 Å². The normalized spacial score (nSPS) is 14.7. The summed E-state index contributed by atoms with van der Waals surface area (Å²) in [5, 5.41) is 5.53. The first-order chi connectivity index (χ1) is 14.8. The van der Waals surface area contributed by atoms with Gasteiger partial charge in [-0.25, -0.2) is 0 Å². The Morgan fingerprint density at radius 3 is 1.87 bits per heavy atom. The van der Waals surface area contributed by atoms with Crippen molar-refractivity contribution in [3.05, 3.63) is 54.1 Å². The van der Waals surface area contributed by atoms with Crippen LogP contribution in [0.2, 0.25) is 0 Å². The van der Waals surface area contributed by atoms with Gasteiger partial charge in [-0.3, -0.25) is 9.59 Å². The first-order valence-electron chi connectivity index (χ1n) is 10.8. The lowest BCUT2D eigenvalue weighted by Crippen LogP contribution is -3.11. The Hall–Kier alpha value is -3.06. The van der Waals surface area contributed by atoms with Crippen molar-refractivity contribution in [3.63, 3.8) is 0 Å². The molecule has 2 amide bonds. The van der Waals surface area contributed by atoms with Gasteiger partial charge >= 0.3 is 11.8 Å². The molecule has 2 aromatic carbocycles. The minimum atomic E-state index is -0.643. The Morgan fingerprint density at radius 2 is 1.35 bits per heavy atom. The highest BCUT2D eigenvalue weighted by molar-refractivity contribution is 6.39. The number of nitrogens with zero attached hydrogens (tertiary/aromatic N) is 2. The van der Waals surface area contributed by atoms with E-state index in [-0.39, 0.29) is 6.04 Å². The summed E-state index contributed by atoms with van der Waals surface area (Å²) in [5.41, 5.74) is 3.95. The molecule has 7 nitrogen and oxygen atoms in total. The largest absolute Gasteiger partial charge is 0.378 e. The molecule has 1 aliphatic heterocycles. The number of benzene rings is 2. The van der Waals surface area contributed by atoms with Crippen molar-refractivity contribution in [1.82, 2.24) is 5.32 Å². The lowest BCUT2D eigenvalue weighted by atomic mass is 10.0. The number of carbonyl (C=O) groups is 2. The Kier molecular flexibility index (Phi) is 7.52. The molecule has 0 saturated carbocycles. The number of carbonyl (C=O) groups excluding carboxylic acids is 2. The maximum atomic E-state index is 12.5. The number of amides is 2. The quantitative estimate of drug-likeness (QED) is 0.586. The van der Waals surface area contributed by atoms with E-state index in [9.17, 15) is 9.59 Å². The molecule has 31 heavy (non-hydrogen) atoms. The van der Waals surface area contributed by atoms with Gasteiger partial charge in [-0.2, -0.15) is 0 Å². The number of anilines is 3. The van der Waals surface area contributed by atoms with E-state index >= 15 is 0 Å². The maximum absolute atomic E-state index is 12.5. The predicted molar refractivity (Wildman–Crippen MR) is 126 cm³/mol. The van der Waals surface area contributed by atoms with Crippen LogP contribution < -0.4 is 25.3 Å². The Labute approximate surface area is 185 Å². The van der Waals surface area contributed by atoms with E-state index in [2.05, 4.69) is 39.8 Å². The molecule has 0 unspecified atom stereocenters. The van der Waals surface area contributed by atoms with Crippen LogP contribution in [-0.4, -0.2) is 59.6 Å². The van der Waals surface area contributed by atoms with Crippen molar-refractivity contribution in [2.24, 2.45) is 0 Å². The average molecular weight is 425 g/mol. The molecule has 1 atom stereocenters. The van der Waals surface area contributed by atoms with Crippen LogP contribution in [0.3, 0.4) is 0 Å². The molecule has 1 fully saturated rings. The van der Waals surface area contributed by atoms with Crippen molar-refractivity contribution < 1.29 is 14.5 Å². The Bertz CT molecular complexity index is 872. The van der Waals surface area contributed by atoms with Crippen molar-refractivity contribution in [2.45, 2.75) is 18.9 Å². The van der Waals surface area contributed by atoms with Crippen LogP contribution in [0.25, 0.3) is 0 Å². The molecular weight excluding hydrogens is 390 g/mol. The van der Waals surface area contributed by atoms with Crippen molar-refractivity contribution in [2.75, 3.05) is 62.9 Å². The Morgan fingerprint density at radius 1 is 0.839 bits per heavy atom. The van der Waals surface area contributed by atoms with Crippen LogP contribution in [0, 0.1) is 0 Å². The number of likely N-dealkylation sites (tertiary alicyclic amines) is 1. The number of hydrogen-bond acceptors (Lipinski definition) is 4. The van der Waals surface area contributed by atoms with Crippen LogP contribution >= 0.6 is 0 Å². The molecule has 0 radical (unpaired) electrons. The topological polar surface area (TPSA) is 69.1 Å². The number of hydrogen-bond donors (Lipinski definition) is 3. The zero-order chi connectivity index (χ0) is 22.4. The number of quaternary nitrogens is 1. The van der Waals surface area contributed by atoms with Gasteiger partial charge in [0, 0.05) is 63.7 Å². The van der Waals surface area contributed by atoms with Gasteiger partial charge in [-0.05, 0) is 36.4 Å². The summed E-state index contributed by atoms with van der Waals surface area (Å²) in [6, 6.07) is 16.0. The van der Waals surface area contributed by atoms with Gasteiger partial charge < -0.3 is 25.3 Å². The molecule has 3 rings (SSSR count). The molecule has 1 saturated heterocycles. The highest BCUT2D eigenvalue weighted by Gasteiger charge is 2.28. The minimum Gasteiger partial charge on any atom is -0.378 e. The third-order valence-electron chi connectivity index (χ3n) is 5.86. The second-order valence-electron chi connectivity index (χ2n) is 8.51. The maximum Gasteiger partial charge on any atom is 0.313 e. The van der Waals surface area contributed by atoms with Gasteiger partial charge in [-0.15, -0.1) is 0 Å². The van der Waals surface area contributed by atoms with Crippen molar-refractivity contribution >= 4 is 28.9 Å². The third-order valence-corrected chi connectivity index (χ3v) is 5.86. The fraction of sp³-hybridized carbons (Fsp3) is 0.417. The predicted octanol–water partition coefficient (Wildman–Crippen LogP) is 1.29. The van der Waals surface area contributed by atoms with E-state index in [1.807, 2.05) is 45.2 Å². The lowest BCUT2D eigenvalue weighted by molar-refractivity contribution is -0.918. The average Bonchev–Trinajstić information content (AvgIpc) is 3.29. The highest BCUT2D eigenvalue weighted by atomic mass is 16.2. The first-order valence-corrected chi connectivity index (χ1v) is 10.8. The molecule has 166 valence electrons. The molecule has 0 aromatic heterocycles. The van der Waals surface area contributed by atoms with E-state index < -0.39 is 11.8 Å². The monoisotopic (exact) mass is 424 g/mol. The molecule has 1 heterocycles. The van der Waals surface area contributed by atoms with Gasteiger partial charge in [0.1, 0.15) is 6.04 Å². The van der Waals surface area contributed by atoms with E-state index in [1.54, 1.807) is 12.1 Å². The molecule has 2 aromatic rings. The minimum absolute atomic E-state index is 0.134. The highest BCUT2D eigenvalue weighted by Crippen LogP contribution is 2.18. The van der Waals surface area contributed by atoms with E-state index in [4.69, 9.17) is 0 Å². The van der Waals surface area contributed by atoms with Gasteiger partial charge in [0.25, 0.3) is 0 Å². The van der Waals surface area contributed by atoms with Crippen molar-refractivity contribution in [3.8, 4) is 0 Å². The Balaban J connectivity index is 1.62. The summed E-state index contributed by atoms with van der Waals surface area (Å²) < 4.78 is 0. The van der Waals surface area contributed by atoms with Gasteiger partial charge in [-0.1, -0.05) is 12.1 Å². The van der Waals surface area contributed by atoms with Gasteiger partial charge in [0.2, 0.25) is 0 Å². The van der Waals surface area contributed by atoms with E-state index in [0.717, 1.165) is 24.5 Å². The molecule has 3 N–H and O–H groups in total. The van der Waals surface area contributed by atoms with Crippen LogP contribution in [0.1, 0.15) is 24.4 Å². The molecule has 1 aliphatic rings. The van der Waals surface area contributed by atoms with Gasteiger partial charge in [0.15, 0.2) is 0 Å². The summed E-state index contributed by atoms with van der Waals surface area (Å²) >= 11 is 0. The fourth-order valence-corrected chi connectivity index (χ4v) is 3.99. The van der Waals surface area contributed by atoms with Crippen LogP contribution in [0.4, 0.5) is 17.1 Å². The molecular formula is C24H34N5O2+. The zero-order valence-corrected chi connectivity index (χ0v) is 18.9. The van der Waals surface area contributed by atoms with Crippen molar-refractivity contribution in [1.29, 1.82) is 0 Å². The standard InChI is InChI=1S/C24H33N5O2/c1-27(2)20-11-7-18(8-12-20)22(29-15-5-6-16-29)17-25-23(30)24(31)26-19-9-13-21(14-10-19)28(3)4/h7-14,22H,5-6,15-17H2,1-4H3,(H,25,30)(H,26,31)/p+1/t22-/m0/s1. The first kappa shape index (κ1) is 22.6. The second kappa shape index (κ2) is 10.3. The molecule has 7 heteroatoms. The summed E-state index contributed by atoms with van der Waals surface area (Å²) in [6.07, 6.45) is 2.39. The van der Waals surface area contributed by atoms with Crippen LogP contribution in [0.5, 0.6) is 0 Å². The molecule has 0 aliphatic carbocycles. The van der Waals surface area contributed by atoms with Crippen LogP contribution in [0.15, 0.2) is 48.5 Å².